The Bertz CT molecular complexity index is 883. The number of amides is 1. The second-order valence-electron chi connectivity index (χ2n) is 5.44. The van der Waals surface area contributed by atoms with Gasteiger partial charge >= 0.3 is 0 Å². The van der Waals surface area contributed by atoms with Gasteiger partial charge in [-0.25, -0.2) is 9.37 Å². The number of aromatic nitrogens is 2. The molecule has 1 aromatic carbocycles. The molecular weight excluding hydrogens is 349 g/mol. The van der Waals surface area contributed by atoms with Gasteiger partial charge in [-0.2, -0.15) is 0 Å². The van der Waals surface area contributed by atoms with Gasteiger partial charge in [0, 0.05) is 24.7 Å². The molecule has 2 heterocycles. The molecule has 4 nitrogen and oxygen atoms in total. The largest absolute Gasteiger partial charge is 0.347 e. The minimum Gasteiger partial charge on any atom is -0.347 e. The molecule has 0 saturated carbocycles. The van der Waals surface area contributed by atoms with Gasteiger partial charge in [0.25, 0.3) is 5.91 Å². The van der Waals surface area contributed by atoms with Crippen molar-refractivity contribution in [3.05, 3.63) is 69.3 Å². The lowest BCUT2D eigenvalue weighted by Crippen LogP contribution is -2.15. The van der Waals surface area contributed by atoms with E-state index in [1.54, 1.807) is 16.7 Å². The summed E-state index contributed by atoms with van der Waals surface area (Å²) >= 11 is 7.26. The Labute approximate surface area is 147 Å². The van der Waals surface area contributed by atoms with Crippen LogP contribution < -0.4 is 5.32 Å². The van der Waals surface area contributed by atoms with E-state index in [1.807, 2.05) is 26.2 Å². The number of hydrogen-bond acceptors (Lipinski definition) is 3. The van der Waals surface area contributed by atoms with Crippen LogP contribution in [0.1, 0.15) is 26.8 Å². The zero-order chi connectivity index (χ0) is 17.3. The normalized spacial score (nSPS) is 10.8. The summed E-state index contributed by atoms with van der Waals surface area (Å²) in [5, 5.41) is 4.72. The van der Waals surface area contributed by atoms with Crippen molar-refractivity contribution in [3.8, 4) is 0 Å². The van der Waals surface area contributed by atoms with Crippen LogP contribution in [0.4, 0.5) is 9.39 Å². The first kappa shape index (κ1) is 16.7. The highest BCUT2D eigenvalue weighted by atomic mass is 35.5. The van der Waals surface area contributed by atoms with E-state index in [-0.39, 0.29) is 11.7 Å². The molecule has 3 aromatic rings. The van der Waals surface area contributed by atoms with Gasteiger partial charge in [0.15, 0.2) is 0 Å². The third kappa shape index (κ3) is 3.66. The van der Waals surface area contributed by atoms with Crippen molar-refractivity contribution in [3.63, 3.8) is 0 Å². The fraction of sp³-hybridized carbons (Fsp3) is 0.176. The monoisotopic (exact) mass is 363 g/mol. The Kier molecular flexibility index (Phi) is 4.69. The molecule has 0 radical (unpaired) electrons. The smallest absolute Gasteiger partial charge is 0.272 e. The van der Waals surface area contributed by atoms with E-state index in [9.17, 15) is 9.18 Å². The van der Waals surface area contributed by atoms with Crippen molar-refractivity contribution >= 4 is 33.8 Å². The summed E-state index contributed by atoms with van der Waals surface area (Å²) in [5.41, 5.74) is 2.05. The highest BCUT2D eigenvalue weighted by Gasteiger charge is 2.14. The molecule has 0 atom stereocenters. The van der Waals surface area contributed by atoms with Crippen molar-refractivity contribution in [2.24, 2.45) is 7.05 Å². The van der Waals surface area contributed by atoms with E-state index in [0.717, 1.165) is 16.3 Å². The predicted molar refractivity (Wildman–Crippen MR) is 94.4 cm³/mol. The molecule has 1 amide bonds. The van der Waals surface area contributed by atoms with E-state index in [0.29, 0.717) is 22.1 Å². The summed E-state index contributed by atoms with van der Waals surface area (Å²) in [4.78, 5) is 16.7. The summed E-state index contributed by atoms with van der Waals surface area (Å²) in [6.45, 7) is 1.83. The van der Waals surface area contributed by atoms with Crippen LogP contribution in [0.15, 0.2) is 36.5 Å². The molecule has 0 aliphatic rings. The average Bonchev–Trinajstić information content (AvgIpc) is 3.04. The lowest BCUT2D eigenvalue weighted by Gasteiger charge is -2.04. The number of thiazole rings is 1. The predicted octanol–water partition coefficient (Wildman–Crippen LogP) is 4.43. The minimum atomic E-state index is -0.372. The number of halogens is 2. The minimum absolute atomic E-state index is 0.186. The second kappa shape index (κ2) is 6.75. The fourth-order valence-electron chi connectivity index (χ4n) is 2.40. The lowest BCUT2D eigenvalue weighted by molar-refractivity contribution is 0.101. The Morgan fingerprint density at radius 3 is 2.88 bits per heavy atom. The molecule has 0 bridgehead atoms. The summed E-state index contributed by atoms with van der Waals surface area (Å²) in [6.07, 6.45) is 2.27. The van der Waals surface area contributed by atoms with Gasteiger partial charge in [-0.15, -0.1) is 11.3 Å². The van der Waals surface area contributed by atoms with E-state index in [2.05, 4.69) is 10.3 Å². The molecule has 0 aliphatic heterocycles. The molecule has 2 aromatic heterocycles. The molecule has 0 saturated heterocycles. The van der Waals surface area contributed by atoms with Crippen LogP contribution in [-0.2, 0) is 13.5 Å². The first-order chi connectivity index (χ1) is 11.4. The van der Waals surface area contributed by atoms with Crippen molar-refractivity contribution in [1.29, 1.82) is 0 Å². The molecule has 0 fully saturated rings. The van der Waals surface area contributed by atoms with Gasteiger partial charge in [0.2, 0.25) is 0 Å². The number of carbonyl (C=O) groups is 1. The van der Waals surface area contributed by atoms with Gasteiger partial charge in [0.05, 0.1) is 10.7 Å². The zero-order valence-electron chi connectivity index (χ0n) is 13.1. The van der Waals surface area contributed by atoms with Crippen LogP contribution in [0.5, 0.6) is 0 Å². The number of nitrogens with one attached hydrogen (secondary N) is 1. The number of anilines is 1. The number of benzene rings is 1. The van der Waals surface area contributed by atoms with Crippen LogP contribution in [0.25, 0.3) is 0 Å². The molecule has 24 heavy (non-hydrogen) atoms. The third-order valence-corrected chi connectivity index (χ3v) is 4.81. The number of hydrogen-bond donors (Lipinski definition) is 1. The van der Waals surface area contributed by atoms with E-state index in [4.69, 9.17) is 11.6 Å². The van der Waals surface area contributed by atoms with Crippen LogP contribution >= 0.6 is 22.9 Å². The van der Waals surface area contributed by atoms with Gasteiger partial charge in [-0.05, 0) is 42.8 Å². The topological polar surface area (TPSA) is 46.9 Å². The van der Waals surface area contributed by atoms with Gasteiger partial charge in [0.1, 0.15) is 16.5 Å². The number of nitrogens with zero attached hydrogens (tertiary/aromatic N) is 2. The van der Waals surface area contributed by atoms with Gasteiger partial charge in [-0.1, -0.05) is 11.6 Å². The van der Waals surface area contributed by atoms with Gasteiger partial charge in [-0.3, -0.25) is 4.79 Å². The maximum absolute atomic E-state index is 13.4. The highest BCUT2D eigenvalue weighted by molar-refractivity contribution is 7.16. The molecule has 3 rings (SSSR count). The third-order valence-electron chi connectivity index (χ3n) is 3.52. The van der Waals surface area contributed by atoms with Crippen LogP contribution in [0.3, 0.4) is 0 Å². The lowest BCUT2D eigenvalue weighted by atomic mass is 10.1. The zero-order valence-corrected chi connectivity index (χ0v) is 14.7. The maximum atomic E-state index is 13.4. The summed E-state index contributed by atoms with van der Waals surface area (Å²) in [5.74, 6) is -0.558. The molecule has 7 heteroatoms. The average molecular weight is 364 g/mol. The summed E-state index contributed by atoms with van der Waals surface area (Å²) < 4.78 is 15.2. The Morgan fingerprint density at radius 2 is 2.21 bits per heavy atom. The van der Waals surface area contributed by atoms with Crippen molar-refractivity contribution < 1.29 is 9.18 Å². The summed E-state index contributed by atoms with van der Waals surface area (Å²) in [7, 11) is 1.81. The molecule has 1 N–H and O–H groups in total. The molecule has 0 aliphatic carbocycles. The maximum Gasteiger partial charge on any atom is 0.272 e. The van der Waals surface area contributed by atoms with Crippen molar-refractivity contribution in [2.45, 2.75) is 13.3 Å². The second-order valence-corrected chi connectivity index (χ2v) is 6.96. The number of aryl methyl sites for hydroxylation is 2. The van der Waals surface area contributed by atoms with Crippen LogP contribution in [-0.4, -0.2) is 15.5 Å². The Balaban J connectivity index is 1.77. The molecule has 124 valence electrons. The standard InChI is InChI=1S/C17H15ClFN3OS/c1-10-17(21-16(23)14-4-3-5-22(14)2)24-15(20-10)8-11-6-12(18)9-13(19)7-11/h3-7,9H,8H2,1-2H3,(H,21,23). The van der Waals surface area contributed by atoms with E-state index < -0.39 is 0 Å². The highest BCUT2D eigenvalue weighted by Crippen LogP contribution is 2.27. The van der Waals surface area contributed by atoms with Crippen LogP contribution in [0.2, 0.25) is 5.02 Å². The van der Waals surface area contributed by atoms with Gasteiger partial charge < -0.3 is 9.88 Å². The van der Waals surface area contributed by atoms with E-state index >= 15 is 0 Å². The first-order valence-electron chi connectivity index (χ1n) is 7.26. The van der Waals surface area contributed by atoms with Crippen LogP contribution in [0, 0.1) is 12.7 Å². The molecular formula is C17H15ClFN3OS. The molecule has 0 unspecified atom stereocenters. The Morgan fingerprint density at radius 1 is 1.42 bits per heavy atom. The first-order valence-corrected chi connectivity index (χ1v) is 8.46. The number of rotatable bonds is 4. The van der Waals surface area contributed by atoms with E-state index in [1.165, 1.54) is 23.5 Å². The molecule has 0 spiro atoms. The van der Waals surface area contributed by atoms with Crippen molar-refractivity contribution in [2.75, 3.05) is 5.32 Å². The number of carbonyl (C=O) groups excluding carboxylic acids is 1. The summed E-state index contributed by atoms with van der Waals surface area (Å²) in [6, 6.07) is 7.98. The SMILES string of the molecule is Cc1nc(Cc2cc(F)cc(Cl)c2)sc1NC(=O)c1cccn1C. The quantitative estimate of drug-likeness (QED) is 0.745. The van der Waals surface area contributed by atoms with Crippen molar-refractivity contribution in [1.82, 2.24) is 9.55 Å². The Hall–Kier alpha value is -2.18. The fourth-order valence-corrected chi connectivity index (χ4v) is 3.63.